The Bertz CT molecular complexity index is 786. The molecule has 0 spiro atoms. The van der Waals surface area contributed by atoms with Gasteiger partial charge < -0.3 is 14.4 Å². The molecule has 0 N–H and O–H groups in total. The van der Waals surface area contributed by atoms with Crippen LogP contribution in [0.1, 0.15) is 24.2 Å². The van der Waals surface area contributed by atoms with Gasteiger partial charge in [0.1, 0.15) is 0 Å². The molecule has 1 saturated heterocycles. The summed E-state index contributed by atoms with van der Waals surface area (Å²) in [4.78, 5) is 30.6. The number of amides is 1. The summed E-state index contributed by atoms with van der Waals surface area (Å²) >= 11 is 0. The van der Waals surface area contributed by atoms with Gasteiger partial charge in [0.15, 0.2) is 6.61 Å². The maximum absolute atomic E-state index is 12.3. The van der Waals surface area contributed by atoms with E-state index in [1.807, 2.05) is 13.8 Å². The monoisotopic (exact) mass is 400 g/mol. The highest BCUT2D eigenvalue weighted by Gasteiger charge is 2.27. The van der Waals surface area contributed by atoms with E-state index in [2.05, 4.69) is 0 Å². The number of esters is 1. The largest absolute Gasteiger partial charge is 0.452 e. The molecule has 0 saturated carbocycles. The van der Waals surface area contributed by atoms with Crippen molar-refractivity contribution in [3.63, 3.8) is 0 Å². The first-order valence-electron chi connectivity index (χ1n) is 8.38. The van der Waals surface area contributed by atoms with Crippen LogP contribution >= 0.6 is 0 Å². The molecule has 0 aromatic heterocycles. The molecular weight excluding hydrogens is 376 g/mol. The molecule has 0 unspecified atom stereocenters. The molecule has 0 aliphatic carbocycles. The van der Waals surface area contributed by atoms with Crippen molar-refractivity contribution < 1.29 is 32.3 Å². The second-order valence-electron chi connectivity index (χ2n) is 6.26. The summed E-state index contributed by atoms with van der Waals surface area (Å²) in [5, 5.41) is 0. The summed E-state index contributed by atoms with van der Waals surface area (Å²) in [6, 6.07) is 5.34. The standard InChI is InChI=1S/C17H24N2O7S/c1-12-9-19(10-13(2)26-12)16(20)11-25-17(21)14-6-5-7-15(8-14)27(22,23)18(3)24-4/h5-8,12-13H,9-11H2,1-4H3/t12-,13+. The van der Waals surface area contributed by atoms with Gasteiger partial charge in [-0.1, -0.05) is 10.5 Å². The van der Waals surface area contributed by atoms with Gasteiger partial charge in [0.25, 0.3) is 15.9 Å². The lowest BCUT2D eigenvalue weighted by molar-refractivity contribution is -0.146. The van der Waals surface area contributed by atoms with E-state index in [-0.39, 0.29) is 28.6 Å². The van der Waals surface area contributed by atoms with Crippen molar-refractivity contribution in [1.82, 2.24) is 9.37 Å². The van der Waals surface area contributed by atoms with Crippen LogP contribution in [-0.4, -0.2) is 75.7 Å². The molecule has 1 heterocycles. The number of carbonyl (C=O) groups excluding carboxylic acids is 2. The van der Waals surface area contributed by atoms with E-state index in [9.17, 15) is 18.0 Å². The molecule has 0 radical (unpaired) electrons. The fraction of sp³-hybridized carbons (Fsp3) is 0.529. The van der Waals surface area contributed by atoms with Crippen LogP contribution in [0.5, 0.6) is 0 Å². The lowest BCUT2D eigenvalue weighted by atomic mass is 10.2. The number of nitrogens with zero attached hydrogens (tertiary/aromatic N) is 2. The van der Waals surface area contributed by atoms with Gasteiger partial charge in [0.2, 0.25) is 0 Å². The molecule has 1 amide bonds. The van der Waals surface area contributed by atoms with Crippen LogP contribution in [0, 0.1) is 0 Å². The summed E-state index contributed by atoms with van der Waals surface area (Å²) in [6.07, 6.45) is -0.180. The van der Waals surface area contributed by atoms with Gasteiger partial charge in [0, 0.05) is 20.1 Å². The van der Waals surface area contributed by atoms with Gasteiger partial charge in [-0.05, 0) is 32.0 Å². The fourth-order valence-corrected chi connectivity index (χ4v) is 3.73. The molecule has 1 aromatic rings. The summed E-state index contributed by atoms with van der Waals surface area (Å²) in [5.74, 6) is -1.11. The number of rotatable bonds is 6. The van der Waals surface area contributed by atoms with Gasteiger partial charge in [0.05, 0.1) is 29.8 Å². The number of benzene rings is 1. The van der Waals surface area contributed by atoms with Crippen LogP contribution in [0.2, 0.25) is 0 Å². The second kappa shape index (κ2) is 8.79. The van der Waals surface area contributed by atoms with Crippen LogP contribution < -0.4 is 0 Å². The van der Waals surface area contributed by atoms with Crippen LogP contribution in [0.4, 0.5) is 0 Å². The predicted octanol–water partition coefficient (Wildman–Crippen LogP) is 0.661. The average molecular weight is 400 g/mol. The third-order valence-corrected chi connectivity index (χ3v) is 5.74. The molecule has 150 valence electrons. The summed E-state index contributed by atoms with van der Waals surface area (Å²) in [6.45, 7) is 4.17. The van der Waals surface area contributed by atoms with E-state index < -0.39 is 22.6 Å². The van der Waals surface area contributed by atoms with Gasteiger partial charge in [-0.25, -0.2) is 13.2 Å². The molecule has 2 atom stereocenters. The highest BCUT2D eigenvalue weighted by Crippen LogP contribution is 2.17. The zero-order valence-corrected chi connectivity index (χ0v) is 16.6. The zero-order valence-electron chi connectivity index (χ0n) is 15.7. The molecule has 1 aliphatic rings. The van der Waals surface area contributed by atoms with Crippen molar-refractivity contribution in [1.29, 1.82) is 0 Å². The van der Waals surface area contributed by atoms with Gasteiger partial charge >= 0.3 is 5.97 Å². The quantitative estimate of drug-likeness (QED) is 0.510. The topological polar surface area (TPSA) is 102 Å². The number of morpholine rings is 1. The molecule has 27 heavy (non-hydrogen) atoms. The summed E-state index contributed by atoms with van der Waals surface area (Å²) < 4.78 is 35.8. The van der Waals surface area contributed by atoms with E-state index in [4.69, 9.17) is 14.3 Å². The Morgan fingerprint density at radius 1 is 1.26 bits per heavy atom. The Morgan fingerprint density at radius 3 is 2.48 bits per heavy atom. The van der Waals surface area contributed by atoms with Crippen molar-refractivity contribution in [2.24, 2.45) is 0 Å². The average Bonchev–Trinajstić information content (AvgIpc) is 2.64. The number of sulfonamides is 1. The maximum atomic E-state index is 12.3. The number of ether oxygens (including phenoxy) is 2. The number of carbonyl (C=O) groups is 2. The van der Waals surface area contributed by atoms with Crippen molar-refractivity contribution in [3.05, 3.63) is 29.8 Å². The Balaban J connectivity index is 2.02. The van der Waals surface area contributed by atoms with Crippen LogP contribution in [0.25, 0.3) is 0 Å². The number of hydrogen-bond acceptors (Lipinski definition) is 7. The van der Waals surface area contributed by atoms with Crippen molar-refractivity contribution in [3.8, 4) is 0 Å². The minimum atomic E-state index is -3.89. The van der Waals surface area contributed by atoms with Crippen molar-refractivity contribution in [2.75, 3.05) is 33.9 Å². The molecule has 1 aliphatic heterocycles. The molecule has 1 aromatic carbocycles. The van der Waals surface area contributed by atoms with Gasteiger partial charge in [-0.3, -0.25) is 9.63 Å². The highest BCUT2D eigenvalue weighted by molar-refractivity contribution is 7.89. The predicted molar refractivity (Wildman–Crippen MR) is 95.3 cm³/mol. The lowest BCUT2D eigenvalue weighted by Crippen LogP contribution is -2.49. The second-order valence-corrected chi connectivity index (χ2v) is 8.19. The first-order valence-corrected chi connectivity index (χ1v) is 9.82. The Labute approximate surface area is 158 Å². The smallest absolute Gasteiger partial charge is 0.338 e. The van der Waals surface area contributed by atoms with Crippen LogP contribution in [-0.2, 0) is 29.1 Å². The third-order valence-electron chi connectivity index (χ3n) is 4.06. The summed E-state index contributed by atoms with van der Waals surface area (Å²) in [7, 11) is -1.44. The normalized spacial score (nSPS) is 20.6. The van der Waals surface area contributed by atoms with E-state index in [1.54, 1.807) is 4.90 Å². The molecule has 9 nitrogen and oxygen atoms in total. The minimum Gasteiger partial charge on any atom is -0.452 e. The molecule has 2 rings (SSSR count). The fourth-order valence-electron chi connectivity index (χ4n) is 2.71. The van der Waals surface area contributed by atoms with E-state index in [0.29, 0.717) is 17.6 Å². The Morgan fingerprint density at radius 2 is 1.89 bits per heavy atom. The SMILES string of the molecule is CON(C)S(=O)(=O)c1cccc(C(=O)OCC(=O)N2C[C@@H](C)O[C@@H](C)C2)c1. The van der Waals surface area contributed by atoms with Gasteiger partial charge in [-0.2, -0.15) is 0 Å². The van der Waals surface area contributed by atoms with E-state index in [1.165, 1.54) is 38.4 Å². The number of hydroxylamine groups is 1. The number of hydrogen-bond donors (Lipinski definition) is 0. The summed E-state index contributed by atoms with van der Waals surface area (Å²) in [5.41, 5.74) is 0.0251. The Hall–Kier alpha value is -2.01. The van der Waals surface area contributed by atoms with Gasteiger partial charge in [-0.15, -0.1) is 0 Å². The van der Waals surface area contributed by atoms with E-state index >= 15 is 0 Å². The molecule has 10 heteroatoms. The van der Waals surface area contributed by atoms with Crippen LogP contribution in [0.15, 0.2) is 29.2 Å². The van der Waals surface area contributed by atoms with E-state index in [0.717, 1.165) is 0 Å². The third kappa shape index (κ3) is 5.25. The lowest BCUT2D eigenvalue weighted by Gasteiger charge is -2.35. The van der Waals surface area contributed by atoms with Crippen LogP contribution in [0.3, 0.4) is 0 Å². The first-order chi connectivity index (χ1) is 12.6. The minimum absolute atomic E-state index is 0.0251. The zero-order chi connectivity index (χ0) is 20.2. The molecule has 0 bridgehead atoms. The van der Waals surface area contributed by atoms with Crippen molar-refractivity contribution in [2.45, 2.75) is 31.0 Å². The van der Waals surface area contributed by atoms with Crippen molar-refractivity contribution >= 4 is 21.9 Å². The first kappa shape index (κ1) is 21.3. The Kier molecular flexibility index (Phi) is 6.93. The molecular formula is C17H24N2O7S. The maximum Gasteiger partial charge on any atom is 0.338 e. The molecule has 1 fully saturated rings. The highest BCUT2D eigenvalue weighted by atomic mass is 32.2.